The smallest absolute Gasteiger partial charge is 0.335 e. The van der Waals surface area contributed by atoms with Gasteiger partial charge in [-0.2, -0.15) is 0 Å². The zero-order valence-corrected chi connectivity index (χ0v) is 11.6. The van der Waals surface area contributed by atoms with E-state index in [-0.39, 0.29) is 11.9 Å². The lowest BCUT2D eigenvalue weighted by Crippen LogP contribution is -2.45. The van der Waals surface area contributed by atoms with Crippen LogP contribution in [-0.2, 0) is 17.8 Å². The Morgan fingerprint density at radius 1 is 1.33 bits per heavy atom. The van der Waals surface area contributed by atoms with E-state index in [1.54, 1.807) is 17.0 Å². The third-order valence-corrected chi connectivity index (χ3v) is 4.21. The summed E-state index contributed by atoms with van der Waals surface area (Å²) < 4.78 is 0. The third kappa shape index (κ3) is 2.64. The molecule has 0 radical (unpaired) electrons. The Kier molecular flexibility index (Phi) is 3.65. The molecule has 3 rings (SSSR count). The standard InChI is InChI=1S/C15H18N2O4/c18-10-6-13(16-7-10)14(19)17-5-4-11-9(8-17)2-1-3-12(11)15(20)21/h1-3,10,13,16,18H,4-8H2,(H,20,21). The molecule has 6 heteroatoms. The lowest BCUT2D eigenvalue weighted by atomic mass is 9.94. The number of carboxylic acids is 1. The summed E-state index contributed by atoms with van der Waals surface area (Å²) in [6.07, 6.45) is 0.533. The van der Waals surface area contributed by atoms with E-state index in [9.17, 15) is 19.8 Å². The molecule has 2 heterocycles. The Hall–Kier alpha value is -1.92. The molecule has 2 atom stereocenters. The summed E-state index contributed by atoms with van der Waals surface area (Å²) in [7, 11) is 0. The van der Waals surface area contributed by atoms with E-state index >= 15 is 0 Å². The lowest BCUT2D eigenvalue weighted by molar-refractivity contribution is -0.134. The molecule has 2 aliphatic heterocycles. The number of aliphatic hydroxyl groups is 1. The average molecular weight is 290 g/mol. The molecule has 0 bridgehead atoms. The number of nitrogens with one attached hydrogen (secondary N) is 1. The van der Waals surface area contributed by atoms with E-state index in [1.165, 1.54) is 0 Å². The number of nitrogens with zero attached hydrogens (tertiary/aromatic N) is 1. The normalized spacial score (nSPS) is 24.7. The summed E-state index contributed by atoms with van der Waals surface area (Å²) in [6.45, 7) is 1.40. The van der Waals surface area contributed by atoms with Crippen LogP contribution in [0.4, 0.5) is 0 Å². The maximum Gasteiger partial charge on any atom is 0.335 e. The molecular formula is C15H18N2O4. The number of carbonyl (C=O) groups excluding carboxylic acids is 1. The number of amides is 1. The second-order valence-electron chi connectivity index (χ2n) is 5.61. The highest BCUT2D eigenvalue weighted by Crippen LogP contribution is 2.24. The Balaban J connectivity index is 1.77. The maximum atomic E-state index is 12.4. The van der Waals surface area contributed by atoms with Crippen molar-refractivity contribution in [1.82, 2.24) is 10.2 Å². The molecule has 112 valence electrons. The number of carboxylic acid groups (broad SMARTS) is 1. The highest BCUT2D eigenvalue weighted by atomic mass is 16.4. The van der Waals surface area contributed by atoms with Gasteiger partial charge < -0.3 is 20.4 Å². The number of hydrogen-bond acceptors (Lipinski definition) is 4. The highest BCUT2D eigenvalue weighted by Gasteiger charge is 2.33. The van der Waals surface area contributed by atoms with Crippen LogP contribution in [0.15, 0.2) is 18.2 Å². The monoisotopic (exact) mass is 290 g/mol. The van der Waals surface area contributed by atoms with E-state index in [1.807, 2.05) is 6.07 Å². The second-order valence-corrected chi connectivity index (χ2v) is 5.61. The number of carbonyl (C=O) groups is 2. The highest BCUT2D eigenvalue weighted by molar-refractivity contribution is 5.90. The molecule has 0 aliphatic carbocycles. The molecular weight excluding hydrogens is 272 g/mol. The molecule has 6 nitrogen and oxygen atoms in total. The van der Waals surface area contributed by atoms with E-state index < -0.39 is 12.1 Å². The SMILES string of the molecule is O=C(O)c1cccc2c1CCN(C(=O)C1CC(O)CN1)C2. The van der Waals surface area contributed by atoms with Crippen LogP contribution in [0.5, 0.6) is 0 Å². The Bertz CT molecular complexity index is 587. The van der Waals surface area contributed by atoms with Crippen molar-refractivity contribution in [2.24, 2.45) is 0 Å². The molecule has 3 N–H and O–H groups in total. The van der Waals surface area contributed by atoms with Crippen molar-refractivity contribution >= 4 is 11.9 Å². The largest absolute Gasteiger partial charge is 0.478 e. The molecule has 1 fully saturated rings. The number of hydrogen-bond donors (Lipinski definition) is 3. The van der Waals surface area contributed by atoms with Crippen molar-refractivity contribution < 1.29 is 19.8 Å². The van der Waals surface area contributed by atoms with Gasteiger partial charge in [-0.15, -0.1) is 0 Å². The minimum atomic E-state index is -0.924. The van der Waals surface area contributed by atoms with Gasteiger partial charge in [-0.1, -0.05) is 12.1 Å². The van der Waals surface area contributed by atoms with Gasteiger partial charge >= 0.3 is 5.97 Å². The lowest BCUT2D eigenvalue weighted by Gasteiger charge is -2.31. The first-order valence-corrected chi connectivity index (χ1v) is 7.10. The van der Waals surface area contributed by atoms with Gasteiger partial charge in [-0.05, 0) is 30.0 Å². The summed E-state index contributed by atoms with van der Waals surface area (Å²) in [5.74, 6) is -0.940. The van der Waals surface area contributed by atoms with Gasteiger partial charge in [0.05, 0.1) is 17.7 Å². The zero-order chi connectivity index (χ0) is 15.0. The Labute approximate surface area is 122 Å². The minimum Gasteiger partial charge on any atom is -0.478 e. The Morgan fingerprint density at radius 3 is 2.81 bits per heavy atom. The van der Waals surface area contributed by atoms with Gasteiger partial charge in [0.2, 0.25) is 5.91 Å². The van der Waals surface area contributed by atoms with Crippen LogP contribution in [0, 0.1) is 0 Å². The summed E-state index contributed by atoms with van der Waals surface area (Å²) >= 11 is 0. The van der Waals surface area contributed by atoms with Crippen LogP contribution in [-0.4, -0.2) is 52.2 Å². The third-order valence-electron chi connectivity index (χ3n) is 4.21. The predicted octanol–water partition coefficient (Wildman–Crippen LogP) is -0.00770. The number of rotatable bonds is 2. The van der Waals surface area contributed by atoms with Crippen molar-refractivity contribution in [3.63, 3.8) is 0 Å². The zero-order valence-electron chi connectivity index (χ0n) is 11.6. The molecule has 2 aliphatic rings. The van der Waals surface area contributed by atoms with Crippen LogP contribution in [0.25, 0.3) is 0 Å². The van der Waals surface area contributed by atoms with Crippen LogP contribution >= 0.6 is 0 Å². The van der Waals surface area contributed by atoms with E-state index in [2.05, 4.69) is 5.32 Å². The first-order chi connectivity index (χ1) is 10.1. The number of benzene rings is 1. The number of aliphatic hydroxyl groups excluding tert-OH is 1. The van der Waals surface area contributed by atoms with Gasteiger partial charge in [0.25, 0.3) is 0 Å². The summed E-state index contributed by atoms with van der Waals surface area (Å²) in [4.78, 5) is 25.4. The van der Waals surface area contributed by atoms with Gasteiger partial charge in [-0.25, -0.2) is 4.79 Å². The van der Waals surface area contributed by atoms with E-state index in [0.717, 1.165) is 11.1 Å². The number of β-amino-alcohol motifs (C(OH)–C–C–N with tert-alkyl or cyclic N) is 1. The molecule has 1 aromatic carbocycles. The fourth-order valence-electron chi connectivity index (χ4n) is 3.12. The van der Waals surface area contributed by atoms with Crippen molar-refractivity contribution in [2.75, 3.05) is 13.1 Å². The molecule has 0 spiro atoms. The van der Waals surface area contributed by atoms with Crippen LogP contribution in [0.1, 0.15) is 27.9 Å². The minimum absolute atomic E-state index is 0.0158. The quantitative estimate of drug-likeness (QED) is 0.713. The summed E-state index contributed by atoms with van der Waals surface area (Å²) in [6, 6.07) is 4.86. The van der Waals surface area contributed by atoms with E-state index in [4.69, 9.17) is 0 Å². The van der Waals surface area contributed by atoms with Crippen molar-refractivity contribution in [2.45, 2.75) is 31.5 Å². The molecule has 0 aromatic heterocycles. The first-order valence-electron chi connectivity index (χ1n) is 7.10. The van der Waals surface area contributed by atoms with Gasteiger partial charge in [0.15, 0.2) is 0 Å². The Morgan fingerprint density at radius 2 is 2.14 bits per heavy atom. The topological polar surface area (TPSA) is 89.9 Å². The maximum absolute atomic E-state index is 12.4. The summed E-state index contributed by atoms with van der Waals surface area (Å²) in [5, 5.41) is 21.7. The van der Waals surface area contributed by atoms with Crippen LogP contribution < -0.4 is 5.32 Å². The molecule has 1 aromatic rings. The summed E-state index contributed by atoms with van der Waals surface area (Å²) in [5.41, 5.74) is 2.05. The van der Waals surface area contributed by atoms with Crippen LogP contribution in [0.3, 0.4) is 0 Å². The molecule has 21 heavy (non-hydrogen) atoms. The molecule has 1 saturated heterocycles. The van der Waals surface area contributed by atoms with Crippen molar-refractivity contribution in [3.05, 3.63) is 34.9 Å². The number of fused-ring (bicyclic) bond motifs is 1. The van der Waals surface area contributed by atoms with Crippen molar-refractivity contribution in [1.29, 1.82) is 0 Å². The predicted molar refractivity (Wildman–Crippen MR) is 74.9 cm³/mol. The molecule has 1 amide bonds. The first kappa shape index (κ1) is 14.0. The molecule has 2 unspecified atom stereocenters. The van der Waals surface area contributed by atoms with Gasteiger partial charge in [0, 0.05) is 19.6 Å². The number of aromatic carboxylic acids is 1. The fourth-order valence-corrected chi connectivity index (χ4v) is 3.12. The van der Waals surface area contributed by atoms with Crippen molar-refractivity contribution in [3.8, 4) is 0 Å². The van der Waals surface area contributed by atoms with E-state index in [0.29, 0.717) is 38.0 Å². The van der Waals surface area contributed by atoms with Gasteiger partial charge in [-0.3, -0.25) is 4.79 Å². The van der Waals surface area contributed by atoms with Gasteiger partial charge in [0.1, 0.15) is 0 Å². The second kappa shape index (κ2) is 5.46. The average Bonchev–Trinajstić information content (AvgIpc) is 2.91. The molecule has 0 saturated carbocycles. The van der Waals surface area contributed by atoms with Crippen LogP contribution in [0.2, 0.25) is 0 Å². The fraction of sp³-hybridized carbons (Fsp3) is 0.467.